The van der Waals surface area contributed by atoms with E-state index in [1.54, 1.807) is 6.92 Å². The number of ketones is 1. The van der Waals surface area contributed by atoms with Crippen molar-refractivity contribution in [2.24, 2.45) is 11.8 Å². The summed E-state index contributed by atoms with van der Waals surface area (Å²) >= 11 is 0. The number of rotatable bonds is 9. The first-order valence-corrected chi connectivity index (χ1v) is 9.45. The Morgan fingerprint density at radius 1 is 1.26 bits per heavy atom. The Kier molecular flexibility index (Phi) is 8.14. The fourth-order valence-electron chi connectivity index (χ4n) is 3.94. The lowest BCUT2D eigenvalue weighted by molar-refractivity contribution is -0.310. The minimum Gasteiger partial charge on any atom is -0.481 e. The standard InChI is InChI=1S/C18H30O9/c1-9(26-18-17(25)16(24)15(23)13(8-19)27-18)3-2-4-11-10(7-14(21)22)5-6-12(11)20/h9-11,13,15-19,23-25H,2-8H2,1H3,(H,21,22). The van der Waals surface area contributed by atoms with Crippen LogP contribution in [0.3, 0.4) is 0 Å². The molecule has 0 amide bonds. The maximum absolute atomic E-state index is 12.0. The second-order valence-corrected chi connectivity index (χ2v) is 7.54. The first-order valence-electron chi connectivity index (χ1n) is 9.45. The van der Waals surface area contributed by atoms with Gasteiger partial charge in [0.2, 0.25) is 0 Å². The third-order valence-electron chi connectivity index (χ3n) is 5.52. The van der Waals surface area contributed by atoms with E-state index in [9.17, 15) is 30.0 Å². The lowest BCUT2D eigenvalue weighted by atomic mass is 9.88. The minimum atomic E-state index is -1.49. The van der Waals surface area contributed by atoms with E-state index in [1.807, 2.05) is 0 Å². The summed E-state index contributed by atoms with van der Waals surface area (Å²) in [6.45, 7) is 1.24. The van der Waals surface area contributed by atoms with E-state index >= 15 is 0 Å². The van der Waals surface area contributed by atoms with E-state index in [-0.39, 0.29) is 30.1 Å². The molecule has 1 saturated heterocycles. The van der Waals surface area contributed by atoms with Gasteiger partial charge >= 0.3 is 5.97 Å². The Labute approximate surface area is 157 Å². The van der Waals surface area contributed by atoms with Gasteiger partial charge in [0.15, 0.2) is 6.29 Å². The smallest absolute Gasteiger partial charge is 0.303 e. The van der Waals surface area contributed by atoms with Crippen molar-refractivity contribution in [1.29, 1.82) is 0 Å². The lowest BCUT2D eigenvalue weighted by Crippen LogP contribution is -2.59. The quantitative estimate of drug-likeness (QED) is 0.348. The van der Waals surface area contributed by atoms with Crippen molar-refractivity contribution in [3.63, 3.8) is 0 Å². The number of aliphatic hydroxyl groups is 4. The van der Waals surface area contributed by atoms with E-state index < -0.39 is 43.3 Å². The maximum atomic E-state index is 12.0. The van der Waals surface area contributed by atoms with Crippen LogP contribution < -0.4 is 0 Å². The second-order valence-electron chi connectivity index (χ2n) is 7.54. The molecule has 2 rings (SSSR count). The van der Waals surface area contributed by atoms with Gasteiger partial charge in [-0.3, -0.25) is 9.59 Å². The van der Waals surface area contributed by atoms with Gasteiger partial charge in [0.05, 0.1) is 12.7 Å². The summed E-state index contributed by atoms with van der Waals surface area (Å²) in [5.41, 5.74) is 0. The van der Waals surface area contributed by atoms with Crippen molar-refractivity contribution >= 4 is 11.8 Å². The van der Waals surface area contributed by atoms with Crippen LogP contribution in [-0.2, 0) is 19.1 Å². The molecule has 0 aromatic heterocycles. The van der Waals surface area contributed by atoms with Gasteiger partial charge in [-0.2, -0.15) is 0 Å². The third-order valence-corrected chi connectivity index (χ3v) is 5.52. The molecule has 156 valence electrons. The monoisotopic (exact) mass is 390 g/mol. The topological polar surface area (TPSA) is 154 Å². The molecule has 9 heteroatoms. The first kappa shape index (κ1) is 22.2. The highest BCUT2D eigenvalue weighted by Gasteiger charge is 2.44. The summed E-state index contributed by atoms with van der Waals surface area (Å²) in [6, 6.07) is 0. The fraction of sp³-hybridized carbons (Fsp3) is 0.889. The van der Waals surface area contributed by atoms with Crippen molar-refractivity contribution in [2.75, 3.05) is 6.61 Å². The molecule has 0 spiro atoms. The van der Waals surface area contributed by atoms with Crippen LogP contribution in [0.2, 0.25) is 0 Å². The van der Waals surface area contributed by atoms with Crippen LogP contribution in [0.1, 0.15) is 45.4 Å². The van der Waals surface area contributed by atoms with Gasteiger partial charge in [-0.25, -0.2) is 0 Å². The molecule has 5 N–H and O–H groups in total. The summed E-state index contributed by atoms with van der Waals surface area (Å²) in [7, 11) is 0. The van der Waals surface area contributed by atoms with Gasteiger partial charge in [0, 0.05) is 18.8 Å². The predicted molar refractivity (Wildman–Crippen MR) is 91.6 cm³/mol. The molecule has 0 radical (unpaired) electrons. The Bertz CT molecular complexity index is 509. The molecule has 1 aliphatic heterocycles. The Balaban J connectivity index is 1.79. The average Bonchev–Trinajstić information content (AvgIpc) is 2.95. The molecule has 8 unspecified atom stereocenters. The van der Waals surface area contributed by atoms with Gasteiger partial charge in [0.25, 0.3) is 0 Å². The van der Waals surface area contributed by atoms with E-state index in [2.05, 4.69) is 0 Å². The first-order chi connectivity index (χ1) is 12.7. The summed E-state index contributed by atoms with van der Waals surface area (Å²) < 4.78 is 10.9. The highest BCUT2D eigenvalue weighted by Crippen LogP contribution is 2.35. The van der Waals surface area contributed by atoms with Gasteiger partial charge in [-0.15, -0.1) is 0 Å². The minimum absolute atomic E-state index is 0.00727. The number of ether oxygens (including phenoxy) is 2. The summed E-state index contributed by atoms with van der Waals surface area (Å²) in [6.07, 6.45) is -4.08. The number of carbonyl (C=O) groups excluding carboxylic acids is 1. The Morgan fingerprint density at radius 3 is 2.59 bits per heavy atom. The van der Waals surface area contributed by atoms with Crippen LogP contribution >= 0.6 is 0 Å². The summed E-state index contributed by atoms with van der Waals surface area (Å²) in [5.74, 6) is -1.12. The molecular weight excluding hydrogens is 360 g/mol. The highest BCUT2D eigenvalue weighted by atomic mass is 16.7. The number of aliphatic carboxylic acids is 1. The van der Waals surface area contributed by atoms with E-state index in [4.69, 9.17) is 14.6 Å². The lowest BCUT2D eigenvalue weighted by Gasteiger charge is -2.40. The number of carboxylic acids is 1. The number of hydrogen-bond acceptors (Lipinski definition) is 8. The molecule has 0 aromatic rings. The van der Waals surface area contributed by atoms with Crippen LogP contribution in [0.4, 0.5) is 0 Å². The normalized spacial score (nSPS) is 38.1. The third kappa shape index (κ3) is 5.69. The zero-order valence-electron chi connectivity index (χ0n) is 15.4. The van der Waals surface area contributed by atoms with Gasteiger partial charge in [-0.05, 0) is 32.1 Å². The van der Waals surface area contributed by atoms with E-state index in [0.717, 1.165) is 0 Å². The number of hydrogen-bond donors (Lipinski definition) is 5. The molecule has 0 aromatic carbocycles. The van der Waals surface area contributed by atoms with E-state index in [1.165, 1.54) is 0 Å². The second kappa shape index (κ2) is 9.90. The Hall–Kier alpha value is -1.10. The molecule has 1 heterocycles. The van der Waals surface area contributed by atoms with Crippen LogP contribution in [0.15, 0.2) is 0 Å². The zero-order chi connectivity index (χ0) is 20.1. The SMILES string of the molecule is CC(CCCC1C(=O)CCC1CC(=O)O)OC1OC(CO)C(O)C(O)C1O. The molecular formula is C18H30O9. The summed E-state index contributed by atoms with van der Waals surface area (Å²) in [4.78, 5) is 22.9. The van der Waals surface area contributed by atoms with Gasteiger partial charge < -0.3 is 35.0 Å². The molecule has 2 fully saturated rings. The number of carboxylic acid groups (broad SMARTS) is 1. The van der Waals surface area contributed by atoms with Gasteiger partial charge in [-0.1, -0.05) is 6.42 Å². The fourth-order valence-corrected chi connectivity index (χ4v) is 3.94. The molecule has 0 bridgehead atoms. The predicted octanol–water partition coefficient (Wildman–Crippen LogP) is -0.568. The number of aliphatic hydroxyl groups excluding tert-OH is 4. The molecule has 9 nitrogen and oxygen atoms in total. The highest BCUT2D eigenvalue weighted by molar-refractivity contribution is 5.84. The molecule has 2 aliphatic rings. The van der Waals surface area contributed by atoms with Crippen LogP contribution in [0.25, 0.3) is 0 Å². The Morgan fingerprint density at radius 2 is 1.96 bits per heavy atom. The largest absolute Gasteiger partial charge is 0.481 e. The molecule has 8 atom stereocenters. The molecule has 1 aliphatic carbocycles. The molecule has 27 heavy (non-hydrogen) atoms. The van der Waals surface area contributed by atoms with Crippen LogP contribution in [-0.4, -0.2) is 80.7 Å². The average molecular weight is 390 g/mol. The van der Waals surface area contributed by atoms with Crippen LogP contribution in [0.5, 0.6) is 0 Å². The van der Waals surface area contributed by atoms with Crippen molar-refractivity contribution < 1.29 is 44.6 Å². The van der Waals surface area contributed by atoms with Crippen molar-refractivity contribution in [2.45, 2.75) is 82.3 Å². The molecule has 1 saturated carbocycles. The van der Waals surface area contributed by atoms with Crippen LogP contribution in [0, 0.1) is 11.8 Å². The maximum Gasteiger partial charge on any atom is 0.303 e. The number of Topliss-reactive ketones (excluding diaryl/α,β-unsaturated/α-hetero) is 1. The van der Waals surface area contributed by atoms with Crippen molar-refractivity contribution in [3.05, 3.63) is 0 Å². The van der Waals surface area contributed by atoms with Crippen molar-refractivity contribution in [1.82, 2.24) is 0 Å². The number of carbonyl (C=O) groups is 2. The van der Waals surface area contributed by atoms with Gasteiger partial charge in [0.1, 0.15) is 30.2 Å². The summed E-state index contributed by atoms with van der Waals surface area (Å²) in [5, 5.41) is 47.7. The van der Waals surface area contributed by atoms with E-state index in [0.29, 0.717) is 32.1 Å². The van der Waals surface area contributed by atoms with Crippen molar-refractivity contribution in [3.8, 4) is 0 Å². The zero-order valence-corrected chi connectivity index (χ0v) is 15.4.